The van der Waals surface area contributed by atoms with Crippen LogP contribution in [0.15, 0.2) is 30.3 Å². The van der Waals surface area contributed by atoms with Gasteiger partial charge < -0.3 is 19.7 Å². The number of aromatic nitrogens is 2. The molecule has 1 fully saturated rings. The van der Waals surface area contributed by atoms with Crippen LogP contribution in [0.3, 0.4) is 0 Å². The summed E-state index contributed by atoms with van der Waals surface area (Å²) >= 11 is 0. The highest BCUT2D eigenvalue weighted by Gasteiger charge is 2.16. The Morgan fingerprint density at radius 2 is 1.88 bits per heavy atom. The molecule has 7 heteroatoms. The van der Waals surface area contributed by atoms with Gasteiger partial charge in [-0.3, -0.25) is 4.79 Å². The minimum atomic E-state index is -0.345. The number of amides is 1. The van der Waals surface area contributed by atoms with Crippen molar-refractivity contribution < 1.29 is 14.3 Å². The fourth-order valence-corrected chi connectivity index (χ4v) is 2.66. The summed E-state index contributed by atoms with van der Waals surface area (Å²) in [7, 11) is 3.11. The van der Waals surface area contributed by atoms with Gasteiger partial charge >= 0.3 is 0 Å². The lowest BCUT2D eigenvalue weighted by Gasteiger charge is -2.15. The van der Waals surface area contributed by atoms with E-state index in [1.54, 1.807) is 38.5 Å². The van der Waals surface area contributed by atoms with Gasteiger partial charge in [0.05, 0.1) is 19.9 Å². The minimum Gasteiger partial charge on any atom is -0.497 e. The summed E-state index contributed by atoms with van der Waals surface area (Å²) in [6.07, 6.45) is 2.33. The number of carbonyl (C=O) groups is 1. The van der Waals surface area contributed by atoms with E-state index in [1.165, 1.54) is 12.8 Å². The molecule has 3 rings (SSSR count). The molecule has 1 aliphatic heterocycles. The summed E-state index contributed by atoms with van der Waals surface area (Å²) in [5.74, 6) is 1.64. The van der Waals surface area contributed by atoms with Crippen LogP contribution >= 0.6 is 0 Å². The maximum absolute atomic E-state index is 12.4. The Kier molecular flexibility index (Phi) is 4.79. The number of anilines is 2. The Bertz CT molecular complexity index is 712. The van der Waals surface area contributed by atoms with Gasteiger partial charge in [-0.25, -0.2) is 0 Å². The summed E-state index contributed by atoms with van der Waals surface area (Å²) in [5.41, 5.74) is 0.773. The van der Waals surface area contributed by atoms with Crippen LogP contribution in [-0.2, 0) is 0 Å². The van der Waals surface area contributed by atoms with Crippen LogP contribution in [0.2, 0.25) is 0 Å². The number of hydrogen-bond donors (Lipinski definition) is 1. The number of hydrogen-bond acceptors (Lipinski definition) is 6. The zero-order valence-corrected chi connectivity index (χ0v) is 13.8. The minimum absolute atomic E-state index is 0.253. The molecule has 0 saturated carbocycles. The lowest BCUT2D eigenvalue weighted by molar-refractivity contribution is 0.102. The first-order valence-electron chi connectivity index (χ1n) is 7.83. The molecule has 2 aromatic rings. The highest BCUT2D eigenvalue weighted by Crippen LogP contribution is 2.29. The second-order valence-corrected chi connectivity index (χ2v) is 5.49. The third-order valence-corrected chi connectivity index (χ3v) is 3.97. The molecular weight excluding hydrogens is 308 g/mol. The van der Waals surface area contributed by atoms with E-state index in [4.69, 9.17) is 9.47 Å². The summed E-state index contributed by atoms with van der Waals surface area (Å²) in [6.45, 7) is 1.97. The first kappa shape index (κ1) is 16.0. The van der Waals surface area contributed by atoms with E-state index < -0.39 is 0 Å². The van der Waals surface area contributed by atoms with Crippen molar-refractivity contribution in [3.05, 3.63) is 36.0 Å². The Hall–Kier alpha value is -2.83. The van der Waals surface area contributed by atoms with E-state index in [2.05, 4.69) is 20.4 Å². The zero-order valence-electron chi connectivity index (χ0n) is 13.8. The SMILES string of the molecule is COc1ccc(OC)c(NC(=O)c2ccc(N3CCCC3)nn2)c1. The quantitative estimate of drug-likeness (QED) is 0.908. The highest BCUT2D eigenvalue weighted by molar-refractivity contribution is 6.03. The van der Waals surface area contributed by atoms with Crippen molar-refractivity contribution in [1.29, 1.82) is 0 Å². The summed E-state index contributed by atoms with van der Waals surface area (Å²) in [6, 6.07) is 8.71. The molecule has 2 heterocycles. The van der Waals surface area contributed by atoms with Gasteiger partial charge in [0.1, 0.15) is 11.5 Å². The number of methoxy groups -OCH3 is 2. The molecule has 1 aliphatic rings. The maximum atomic E-state index is 12.4. The smallest absolute Gasteiger partial charge is 0.276 e. The van der Waals surface area contributed by atoms with Crippen molar-refractivity contribution in [3.63, 3.8) is 0 Å². The number of ether oxygens (including phenoxy) is 2. The topological polar surface area (TPSA) is 76.6 Å². The summed E-state index contributed by atoms with van der Waals surface area (Å²) in [4.78, 5) is 14.6. The van der Waals surface area contributed by atoms with Crippen LogP contribution in [0.4, 0.5) is 11.5 Å². The molecule has 1 N–H and O–H groups in total. The van der Waals surface area contributed by atoms with Crippen LogP contribution in [0.1, 0.15) is 23.3 Å². The van der Waals surface area contributed by atoms with Gasteiger partial charge in [0, 0.05) is 19.2 Å². The molecular formula is C17H20N4O3. The van der Waals surface area contributed by atoms with E-state index >= 15 is 0 Å². The first-order valence-corrected chi connectivity index (χ1v) is 7.83. The Labute approximate surface area is 140 Å². The van der Waals surface area contributed by atoms with E-state index in [0.717, 1.165) is 18.9 Å². The standard InChI is InChI=1S/C17H20N4O3/c1-23-12-5-7-15(24-2)14(11-12)18-17(22)13-6-8-16(20-19-13)21-9-3-4-10-21/h5-8,11H,3-4,9-10H2,1-2H3,(H,18,22). The predicted octanol–water partition coefficient (Wildman–Crippen LogP) is 2.35. The number of carbonyl (C=O) groups excluding carboxylic acids is 1. The molecule has 7 nitrogen and oxygen atoms in total. The molecule has 24 heavy (non-hydrogen) atoms. The second kappa shape index (κ2) is 7.16. The van der Waals surface area contributed by atoms with E-state index in [9.17, 15) is 4.79 Å². The Balaban J connectivity index is 1.75. The van der Waals surface area contributed by atoms with Crippen molar-refractivity contribution in [1.82, 2.24) is 10.2 Å². The van der Waals surface area contributed by atoms with Gasteiger partial charge in [-0.1, -0.05) is 0 Å². The van der Waals surface area contributed by atoms with Crippen molar-refractivity contribution in [2.75, 3.05) is 37.5 Å². The molecule has 0 spiro atoms. The van der Waals surface area contributed by atoms with Crippen molar-refractivity contribution in [3.8, 4) is 11.5 Å². The molecule has 0 radical (unpaired) electrons. The van der Waals surface area contributed by atoms with Crippen LogP contribution in [-0.4, -0.2) is 43.4 Å². The normalized spacial score (nSPS) is 13.7. The molecule has 1 aromatic carbocycles. The van der Waals surface area contributed by atoms with Crippen LogP contribution in [0.25, 0.3) is 0 Å². The third-order valence-electron chi connectivity index (χ3n) is 3.97. The Morgan fingerprint density at radius 1 is 1.08 bits per heavy atom. The van der Waals surface area contributed by atoms with Crippen molar-refractivity contribution >= 4 is 17.4 Å². The predicted molar refractivity (Wildman–Crippen MR) is 91.0 cm³/mol. The molecule has 1 amide bonds. The molecule has 0 aliphatic carbocycles. The van der Waals surface area contributed by atoms with E-state index in [1.807, 2.05) is 6.07 Å². The average Bonchev–Trinajstić information content (AvgIpc) is 3.16. The van der Waals surface area contributed by atoms with E-state index in [0.29, 0.717) is 17.2 Å². The Morgan fingerprint density at radius 3 is 2.50 bits per heavy atom. The van der Waals surface area contributed by atoms with Gasteiger partial charge in [-0.15, -0.1) is 10.2 Å². The van der Waals surface area contributed by atoms with Gasteiger partial charge in [0.15, 0.2) is 11.5 Å². The first-order chi connectivity index (χ1) is 11.7. The highest BCUT2D eigenvalue weighted by atomic mass is 16.5. The van der Waals surface area contributed by atoms with Gasteiger partial charge in [0.25, 0.3) is 5.91 Å². The number of nitrogens with one attached hydrogen (secondary N) is 1. The number of rotatable bonds is 5. The largest absolute Gasteiger partial charge is 0.497 e. The van der Waals surface area contributed by atoms with Crippen molar-refractivity contribution in [2.45, 2.75) is 12.8 Å². The number of benzene rings is 1. The molecule has 0 unspecified atom stereocenters. The summed E-state index contributed by atoms with van der Waals surface area (Å²) in [5, 5.41) is 11.0. The molecule has 1 saturated heterocycles. The molecule has 0 atom stereocenters. The second-order valence-electron chi connectivity index (χ2n) is 5.49. The third kappa shape index (κ3) is 3.40. The lowest BCUT2D eigenvalue weighted by Crippen LogP contribution is -2.21. The van der Waals surface area contributed by atoms with Gasteiger partial charge in [0.2, 0.25) is 0 Å². The van der Waals surface area contributed by atoms with E-state index in [-0.39, 0.29) is 11.6 Å². The average molecular weight is 328 g/mol. The molecule has 1 aromatic heterocycles. The van der Waals surface area contributed by atoms with Gasteiger partial charge in [-0.05, 0) is 37.1 Å². The summed E-state index contributed by atoms with van der Waals surface area (Å²) < 4.78 is 10.4. The maximum Gasteiger partial charge on any atom is 0.276 e. The fraction of sp³-hybridized carbons (Fsp3) is 0.353. The molecule has 0 bridgehead atoms. The monoisotopic (exact) mass is 328 g/mol. The van der Waals surface area contributed by atoms with Gasteiger partial charge in [-0.2, -0.15) is 0 Å². The number of nitrogens with zero attached hydrogens (tertiary/aromatic N) is 3. The van der Waals surface area contributed by atoms with Crippen LogP contribution in [0.5, 0.6) is 11.5 Å². The van der Waals surface area contributed by atoms with Crippen LogP contribution < -0.4 is 19.7 Å². The zero-order chi connectivity index (χ0) is 16.9. The lowest BCUT2D eigenvalue weighted by atomic mass is 10.2. The van der Waals surface area contributed by atoms with Crippen molar-refractivity contribution in [2.24, 2.45) is 0 Å². The fourth-order valence-electron chi connectivity index (χ4n) is 2.66. The van der Waals surface area contributed by atoms with Crippen LogP contribution in [0, 0.1) is 0 Å². The molecule has 126 valence electrons.